The Bertz CT molecular complexity index is 1230. The van der Waals surface area contributed by atoms with Crippen LogP contribution in [0.2, 0.25) is 0 Å². The van der Waals surface area contributed by atoms with Crippen LogP contribution in [0.5, 0.6) is 5.75 Å². The second-order valence-corrected chi connectivity index (χ2v) is 7.07. The molecule has 2 N–H and O–H groups in total. The van der Waals surface area contributed by atoms with E-state index in [0.29, 0.717) is 24.0 Å². The first kappa shape index (κ1) is 19.5. The standard InChI is InChI=1S/C25H22N2O3/c1-2-19-21(15-18-11-6-7-12-20(18)17-9-4-3-5-10-17)27-14-8-13-22(29)25(27)24(19)26-23(30)16-28/h3-14,16,29H,2,15H2,1H3,(H,26,30). The predicted molar refractivity (Wildman–Crippen MR) is 118 cm³/mol. The van der Waals surface area contributed by atoms with Gasteiger partial charge in [0.25, 0.3) is 5.91 Å². The first-order valence-corrected chi connectivity index (χ1v) is 9.87. The number of fused-ring (bicyclic) bond motifs is 1. The molecule has 0 fully saturated rings. The molecule has 4 aromatic rings. The minimum atomic E-state index is -0.739. The third-order valence-corrected chi connectivity index (χ3v) is 5.32. The second kappa shape index (κ2) is 8.25. The molecule has 2 aromatic heterocycles. The van der Waals surface area contributed by atoms with Crippen molar-refractivity contribution in [2.24, 2.45) is 0 Å². The molecule has 0 radical (unpaired) electrons. The average Bonchev–Trinajstić information content (AvgIpc) is 3.08. The molecule has 150 valence electrons. The average molecular weight is 398 g/mol. The number of carbonyl (C=O) groups is 2. The topological polar surface area (TPSA) is 70.8 Å². The summed E-state index contributed by atoms with van der Waals surface area (Å²) in [5.74, 6) is -0.687. The van der Waals surface area contributed by atoms with Gasteiger partial charge in [-0.05, 0) is 40.8 Å². The number of pyridine rings is 1. The number of hydrogen-bond acceptors (Lipinski definition) is 3. The fourth-order valence-electron chi connectivity index (χ4n) is 4.02. The number of carbonyl (C=O) groups excluding carboxylic acids is 2. The van der Waals surface area contributed by atoms with Crippen molar-refractivity contribution in [2.45, 2.75) is 19.8 Å². The van der Waals surface area contributed by atoms with E-state index in [0.717, 1.165) is 27.9 Å². The van der Waals surface area contributed by atoms with Crippen LogP contribution in [-0.4, -0.2) is 21.7 Å². The lowest BCUT2D eigenvalue weighted by molar-refractivity contribution is -0.127. The highest BCUT2D eigenvalue weighted by atomic mass is 16.3. The van der Waals surface area contributed by atoms with E-state index in [1.807, 2.05) is 47.9 Å². The Balaban J connectivity index is 1.90. The third-order valence-electron chi connectivity index (χ3n) is 5.32. The zero-order valence-electron chi connectivity index (χ0n) is 16.6. The number of nitrogens with zero attached hydrogens (tertiary/aromatic N) is 1. The lowest BCUT2D eigenvalue weighted by Crippen LogP contribution is -2.13. The number of aromatic nitrogens is 1. The summed E-state index contributed by atoms with van der Waals surface area (Å²) in [5.41, 5.74) is 6.24. The molecule has 5 heteroatoms. The molecule has 2 heterocycles. The molecule has 0 saturated heterocycles. The van der Waals surface area contributed by atoms with Crippen LogP contribution in [0.3, 0.4) is 0 Å². The van der Waals surface area contributed by atoms with E-state index in [1.54, 1.807) is 12.1 Å². The van der Waals surface area contributed by atoms with E-state index in [4.69, 9.17) is 0 Å². The Morgan fingerprint density at radius 2 is 1.77 bits per heavy atom. The number of aldehydes is 1. The zero-order valence-corrected chi connectivity index (χ0v) is 16.6. The number of hydrogen-bond donors (Lipinski definition) is 2. The van der Waals surface area contributed by atoms with Crippen molar-refractivity contribution < 1.29 is 14.7 Å². The molecule has 0 aliphatic carbocycles. The number of rotatable bonds is 6. The van der Waals surface area contributed by atoms with Crippen molar-refractivity contribution in [3.63, 3.8) is 0 Å². The molecule has 2 aromatic carbocycles. The van der Waals surface area contributed by atoms with E-state index in [-0.39, 0.29) is 12.0 Å². The maximum atomic E-state index is 11.8. The summed E-state index contributed by atoms with van der Waals surface area (Å²) in [5, 5.41) is 13.2. The molecular formula is C25H22N2O3. The maximum Gasteiger partial charge on any atom is 0.288 e. The summed E-state index contributed by atoms with van der Waals surface area (Å²) in [6.45, 7) is 2.00. The van der Waals surface area contributed by atoms with Gasteiger partial charge in [0.2, 0.25) is 6.29 Å². The van der Waals surface area contributed by atoms with Crippen molar-refractivity contribution in [1.82, 2.24) is 4.40 Å². The molecule has 1 amide bonds. The van der Waals surface area contributed by atoms with Crippen molar-refractivity contribution >= 4 is 23.4 Å². The fraction of sp³-hybridized carbons (Fsp3) is 0.120. The predicted octanol–water partition coefficient (Wildman–Crippen LogP) is 4.60. The van der Waals surface area contributed by atoms with Crippen molar-refractivity contribution in [1.29, 1.82) is 0 Å². The summed E-state index contributed by atoms with van der Waals surface area (Å²) in [6.07, 6.45) is 3.35. The molecule has 0 aliphatic rings. The molecule has 0 bridgehead atoms. The lowest BCUT2D eigenvalue weighted by atomic mass is 9.95. The van der Waals surface area contributed by atoms with Crippen molar-refractivity contribution in [3.8, 4) is 16.9 Å². The monoisotopic (exact) mass is 398 g/mol. The van der Waals surface area contributed by atoms with Gasteiger partial charge < -0.3 is 14.8 Å². The van der Waals surface area contributed by atoms with Gasteiger partial charge in [-0.25, -0.2) is 0 Å². The van der Waals surface area contributed by atoms with E-state index in [1.165, 1.54) is 0 Å². The Morgan fingerprint density at radius 1 is 1.03 bits per heavy atom. The normalized spacial score (nSPS) is 10.8. The van der Waals surface area contributed by atoms with Gasteiger partial charge in [0.15, 0.2) is 0 Å². The Kier molecular flexibility index (Phi) is 5.35. The Labute approximate surface area is 174 Å². The molecule has 0 saturated carbocycles. The fourth-order valence-corrected chi connectivity index (χ4v) is 4.02. The quantitative estimate of drug-likeness (QED) is 0.368. The van der Waals surface area contributed by atoms with Crippen LogP contribution in [-0.2, 0) is 22.4 Å². The number of benzene rings is 2. The highest BCUT2D eigenvalue weighted by Crippen LogP contribution is 2.37. The summed E-state index contributed by atoms with van der Waals surface area (Å²) in [7, 11) is 0. The largest absolute Gasteiger partial charge is 0.506 e. The molecule has 5 nitrogen and oxygen atoms in total. The van der Waals surface area contributed by atoms with Crippen molar-refractivity contribution in [2.75, 3.05) is 5.32 Å². The third kappa shape index (κ3) is 3.46. The first-order chi connectivity index (χ1) is 14.6. The van der Waals surface area contributed by atoms with Gasteiger partial charge >= 0.3 is 0 Å². The SMILES string of the molecule is CCc1c(NC(=O)C=O)c2c(O)cccn2c1Cc1ccccc1-c1ccccc1. The summed E-state index contributed by atoms with van der Waals surface area (Å²) in [4.78, 5) is 22.8. The molecule has 0 spiro atoms. The molecule has 0 unspecified atom stereocenters. The summed E-state index contributed by atoms with van der Waals surface area (Å²) in [6, 6.07) is 21.7. The molecule has 0 atom stereocenters. The van der Waals surface area contributed by atoms with Crippen LogP contribution >= 0.6 is 0 Å². The summed E-state index contributed by atoms with van der Waals surface area (Å²) >= 11 is 0. The minimum absolute atomic E-state index is 0.0518. The Hall–Kier alpha value is -3.86. The second-order valence-electron chi connectivity index (χ2n) is 7.07. The van der Waals surface area contributed by atoms with E-state index in [2.05, 4.69) is 29.6 Å². The minimum Gasteiger partial charge on any atom is -0.506 e. The van der Waals surface area contributed by atoms with Crippen LogP contribution in [0, 0.1) is 0 Å². The van der Waals surface area contributed by atoms with Gasteiger partial charge in [0.05, 0.1) is 5.69 Å². The van der Waals surface area contributed by atoms with Crippen LogP contribution < -0.4 is 5.32 Å². The summed E-state index contributed by atoms with van der Waals surface area (Å²) < 4.78 is 1.90. The number of anilines is 1. The van der Waals surface area contributed by atoms with Crippen molar-refractivity contribution in [3.05, 3.63) is 89.7 Å². The first-order valence-electron chi connectivity index (χ1n) is 9.87. The van der Waals surface area contributed by atoms with E-state index < -0.39 is 5.91 Å². The van der Waals surface area contributed by atoms with Gasteiger partial charge in [-0.3, -0.25) is 9.59 Å². The van der Waals surface area contributed by atoms with Gasteiger partial charge in [-0.2, -0.15) is 0 Å². The van der Waals surface area contributed by atoms with Crippen LogP contribution in [0.1, 0.15) is 23.7 Å². The van der Waals surface area contributed by atoms with Gasteiger partial charge in [0, 0.05) is 18.3 Å². The van der Waals surface area contributed by atoms with Gasteiger partial charge in [-0.15, -0.1) is 0 Å². The zero-order chi connectivity index (χ0) is 21.1. The maximum absolute atomic E-state index is 11.8. The highest BCUT2D eigenvalue weighted by Gasteiger charge is 2.21. The number of amides is 1. The van der Waals surface area contributed by atoms with E-state index in [9.17, 15) is 14.7 Å². The van der Waals surface area contributed by atoms with Gasteiger partial charge in [-0.1, -0.05) is 61.5 Å². The van der Waals surface area contributed by atoms with Crippen LogP contribution in [0.4, 0.5) is 5.69 Å². The van der Waals surface area contributed by atoms with Crippen LogP contribution in [0.25, 0.3) is 16.6 Å². The van der Waals surface area contributed by atoms with E-state index >= 15 is 0 Å². The molecule has 30 heavy (non-hydrogen) atoms. The smallest absolute Gasteiger partial charge is 0.288 e. The molecule has 4 rings (SSSR count). The molecular weight excluding hydrogens is 376 g/mol. The highest BCUT2D eigenvalue weighted by molar-refractivity contribution is 6.30. The molecule has 0 aliphatic heterocycles. The number of nitrogens with one attached hydrogen (secondary N) is 1. The van der Waals surface area contributed by atoms with Crippen LogP contribution in [0.15, 0.2) is 72.9 Å². The lowest BCUT2D eigenvalue weighted by Gasteiger charge is -2.12. The number of aromatic hydroxyl groups is 1. The van der Waals surface area contributed by atoms with Gasteiger partial charge in [0.1, 0.15) is 11.3 Å². The Morgan fingerprint density at radius 3 is 2.50 bits per heavy atom.